The molecular weight excluding hydrogens is 350 g/mol. The highest BCUT2D eigenvalue weighted by Gasteiger charge is 2.16. The molecule has 0 radical (unpaired) electrons. The van der Waals surface area contributed by atoms with Gasteiger partial charge in [-0.15, -0.1) is 10.2 Å². The monoisotopic (exact) mass is 369 g/mol. The van der Waals surface area contributed by atoms with Crippen LogP contribution in [0.1, 0.15) is 28.5 Å². The standard InChI is InChI=1S/C16H19N9S/c1-9-5-11(3)23-7-13(19-14(23)18-9)8-26-16-21-20-15(24(16)17)25-12(4)6-10(2)22-25/h5-7H,8,17H2,1-4H3. The number of thioether (sulfide) groups is 1. The number of hydrogen-bond acceptors (Lipinski definition) is 7. The SMILES string of the molecule is Cc1cc(C)n2cc(CSc3nnc(-n4nc(C)cc4C)n3N)nc2n1. The number of imidazole rings is 1. The molecule has 0 aliphatic carbocycles. The predicted molar refractivity (Wildman–Crippen MR) is 98.8 cm³/mol. The van der Waals surface area contributed by atoms with Gasteiger partial charge in [-0.1, -0.05) is 11.8 Å². The maximum atomic E-state index is 6.17. The van der Waals surface area contributed by atoms with Gasteiger partial charge in [0.15, 0.2) is 0 Å². The van der Waals surface area contributed by atoms with E-state index >= 15 is 0 Å². The molecule has 2 N–H and O–H groups in total. The average Bonchev–Trinajstić information content (AvgIpc) is 3.23. The molecule has 134 valence electrons. The Morgan fingerprint density at radius 3 is 2.50 bits per heavy atom. The van der Waals surface area contributed by atoms with Crippen molar-refractivity contribution in [2.45, 2.75) is 38.6 Å². The van der Waals surface area contributed by atoms with Gasteiger partial charge in [-0.25, -0.2) is 19.3 Å². The van der Waals surface area contributed by atoms with Crippen LogP contribution in [0.15, 0.2) is 23.5 Å². The molecule has 9 nitrogen and oxygen atoms in total. The smallest absolute Gasteiger partial charge is 0.271 e. The van der Waals surface area contributed by atoms with Crippen molar-refractivity contribution in [3.63, 3.8) is 0 Å². The fourth-order valence-corrected chi connectivity index (χ4v) is 3.61. The molecule has 4 aromatic rings. The van der Waals surface area contributed by atoms with Crippen molar-refractivity contribution in [3.05, 3.63) is 46.8 Å². The Hall–Kier alpha value is -2.88. The molecule has 4 rings (SSSR count). The first-order valence-electron chi connectivity index (χ1n) is 8.11. The predicted octanol–water partition coefficient (Wildman–Crippen LogP) is 1.75. The summed E-state index contributed by atoms with van der Waals surface area (Å²) >= 11 is 1.47. The summed E-state index contributed by atoms with van der Waals surface area (Å²) < 4.78 is 5.12. The zero-order chi connectivity index (χ0) is 18.4. The average molecular weight is 369 g/mol. The Bertz CT molecular complexity index is 1100. The number of aromatic nitrogens is 8. The van der Waals surface area contributed by atoms with E-state index in [1.54, 1.807) is 4.68 Å². The van der Waals surface area contributed by atoms with Crippen LogP contribution in [0.3, 0.4) is 0 Å². The normalized spacial score (nSPS) is 11.5. The molecule has 0 spiro atoms. The van der Waals surface area contributed by atoms with Crippen LogP contribution in [-0.4, -0.2) is 39.0 Å². The maximum Gasteiger partial charge on any atom is 0.271 e. The van der Waals surface area contributed by atoms with Crippen LogP contribution < -0.4 is 5.84 Å². The molecule has 0 atom stereocenters. The lowest BCUT2D eigenvalue weighted by molar-refractivity contribution is 0.727. The number of aryl methyl sites for hydroxylation is 4. The Kier molecular flexibility index (Phi) is 3.91. The lowest BCUT2D eigenvalue weighted by Crippen LogP contribution is -2.17. The number of nitrogens with two attached hydrogens (primary N) is 1. The lowest BCUT2D eigenvalue weighted by atomic mass is 10.3. The summed E-state index contributed by atoms with van der Waals surface area (Å²) in [5, 5.41) is 13.4. The molecule has 0 unspecified atom stereocenters. The molecule has 0 amide bonds. The Morgan fingerprint density at radius 2 is 1.77 bits per heavy atom. The minimum absolute atomic E-state index is 0.487. The van der Waals surface area contributed by atoms with Crippen molar-refractivity contribution in [1.29, 1.82) is 0 Å². The Balaban J connectivity index is 1.57. The topological polar surface area (TPSA) is 105 Å². The fourth-order valence-electron chi connectivity index (χ4n) is 2.87. The first kappa shape index (κ1) is 16.6. The van der Waals surface area contributed by atoms with Crippen LogP contribution in [0.4, 0.5) is 0 Å². The zero-order valence-corrected chi connectivity index (χ0v) is 15.8. The molecule has 0 saturated heterocycles. The third-order valence-electron chi connectivity index (χ3n) is 4.01. The van der Waals surface area contributed by atoms with Crippen molar-refractivity contribution in [2.24, 2.45) is 0 Å². The summed E-state index contributed by atoms with van der Waals surface area (Å²) in [6.45, 7) is 7.89. The molecule has 0 aliphatic rings. The molecule has 0 saturated carbocycles. The summed E-state index contributed by atoms with van der Waals surface area (Å²) in [4.78, 5) is 9.04. The third kappa shape index (κ3) is 2.81. The van der Waals surface area contributed by atoms with Crippen LogP contribution in [-0.2, 0) is 5.75 Å². The lowest BCUT2D eigenvalue weighted by Gasteiger charge is -2.04. The second-order valence-electron chi connectivity index (χ2n) is 6.22. The molecule has 4 heterocycles. The van der Waals surface area contributed by atoms with Gasteiger partial charge >= 0.3 is 0 Å². The second kappa shape index (κ2) is 6.13. The summed E-state index contributed by atoms with van der Waals surface area (Å²) in [5.41, 5.74) is 4.82. The maximum absolute atomic E-state index is 6.17. The number of hydrogen-bond donors (Lipinski definition) is 1. The highest BCUT2D eigenvalue weighted by atomic mass is 32.2. The van der Waals surface area contributed by atoms with Crippen LogP contribution in [0.25, 0.3) is 11.7 Å². The van der Waals surface area contributed by atoms with Crippen molar-refractivity contribution in [2.75, 3.05) is 5.84 Å². The van der Waals surface area contributed by atoms with Gasteiger partial charge in [0, 0.05) is 29.0 Å². The summed E-state index contributed by atoms with van der Waals surface area (Å²) in [6.07, 6.45) is 1.99. The number of fused-ring (bicyclic) bond motifs is 1. The number of rotatable bonds is 4. The number of nitrogens with zero attached hydrogens (tertiary/aromatic N) is 8. The highest BCUT2D eigenvalue weighted by Crippen LogP contribution is 2.22. The fraction of sp³-hybridized carbons (Fsp3) is 0.312. The molecule has 0 fully saturated rings. The zero-order valence-electron chi connectivity index (χ0n) is 15.0. The van der Waals surface area contributed by atoms with Gasteiger partial charge in [-0.3, -0.25) is 4.40 Å². The minimum atomic E-state index is 0.487. The molecule has 0 bridgehead atoms. The van der Waals surface area contributed by atoms with E-state index in [-0.39, 0.29) is 0 Å². The molecular formula is C16H19N9S. The van der Waals surface area contributed by atoms with Crippen LogP contribution >= 0.6 is 11.8 Å². The molecule has 26 heavy (non-hydrogen) atoms. The summed E-state index contributed by atoms with van der Waals surface area (Å²) in [7, 11) is 0. The van der Waals surface area contributed by atoms with Gasteiger partial charge in [0.05, 0.1) is 11.4 Å². The highest BCUT2D eigenvalue weighted by molar-refractivity contribution is 7.98. The van der Waals surface area contributed by atoms with Crippen LogP contribution in [0.2, 0.25) is 0 Å². The van der Waals surface area contributed by atoms with Crippen molar-refractivity contribution in [1.82, 2.24) is 39.0 Å². The minimum Gasteiger partial charge on any atom is -0.334 e. The molecule has 4 aromatic heterocycles. The van der Waals surface area contributed by atoms with E-state index in [2.05, 4.69) is 25.3 Å². The molecule has 0 aromatic carbocycles. The largest absolute Gasteiger partial charge is 0.334 e. The van der Waals surface area contributed by atoms with Gasteiger partial charge in [0.25, 0.3) is 5.95 Å². The first-order valence-corrected chi connectivity index (χ1v) is 9.10. The van der Waals surface area contributed by atoms with Crippen LogP contribution in [0.5, 0.6) is 0 Å². The van der Waals surface area contributed by atoms with E-state index < -0.39 is 0 Å². The third-order valence-corrected chi connectivity index (χ3v) is 4.98. The van der Waals surface area contributed by atoms with Gasteiger partial charge in [-0.05, 0) is 39.8 Å². The van der Waals surface area contributed by atoms with E-state index in [4.69, 9.17) is 5.84 Å². The molecule has 10 heteroatoms. The van der Waals surface area contributed by atoms with Gasteiger partial charge in [0.1, 0.15) is 0 Å². The Labute approximate surface area is 154 Å². The van der Waals surface area contributed by atoms with E-state index in [0.29, 0.717) is 22.6 Å². The second-order valence-corrected chi connectivity index (χ2v) is 7.16. The van der Waals surface area contributed by atoms with Gasteiger partial charge in [-0.2, -0.15) is 5.10 Å². The van der Waals surface area contributed by atoms with Crippen LogP contribution in [0, 0.1) is 27.7 Å². The Morgan fingerprint density at radius 1 is 1.00 bits per heavy atom. The van der Waals surface area contributed by atoms with Gasteiger partial charge in [0.2, 0.25) is 10.9 Å². The van der Waals surface area contributed by atoms with Crippen molar-refractivity contribution >= 4 is 17.5 Å². The van der Waals surface area contributed by atoms with Gasteiger partial charge < -0.3 is 5.84 Å². The quantitative estimate of drug-likeness (QED) is 0.431. The first-order chi connectivity index (χ1) is 12.4. The van der Waals surface area contributed by atoms with E-state index in [0.717, 1.165) is 28.5 Å². The van der Waals surface area contributed by atoms with E-state index in [1.807, 2.05) is 50.4 Å². The molecule has 0 aliphatic heterocycles. The van der Waals surface area contributed by atoms with Crippen molar-refractivity contribution in [3.8, 4) is 5.95 Å². The van der Waals surface area contributed by atoms with E-state index in [1.165, 1.54) is 16.4 Å². The van der Waals surface area contributed by atoms with E-state index in [9.17, 15) is 0 Å². The van der Waals surface area contributed by atoms with Crippen molar-refractivity contribution < 1.29 is 0 Å². The summed E-state index contributed by atoms with van der Waals surface area (Å²) in [5.74, 6) is 7.98. The summed E-state index contributed by atoms with van der Waals surface area (Å²) in [6, 6.07) is 4.00. The number of nitrogen functional groups attached to an aromatic ring is 1.